The Morgan fingerprint density at radius 2 is 1.58 bits per heavy atom. The Morgan fingerprint density at radius 3 is 2.09 bits per heavy atom. The normalized spacial score (nSPS) is 12.3. The van der Waals surface area contributed by atoms with Gasteiger partial charge in [0.25, 0.3) is 0 Å². The van der Waals surface area contributed by atoms with Gasteiger partial charge in [0.05, 0.1) is 11.9 Å². The van der Waals surface area contributed by atoms with E-state index in [2.05, 4.69) is 19.2 Å². The molecule has 2 rings (SSSR count). The highest BCUT2D eigenvalue weighted by Crippen LogP contribution is 2.22. The monoisotopic (exact) mass is 473 g/mol. The van der Waals surface area contributed by atoms with Crippen molar-refractivity contribution in [3.8, 4) is 0 Å². The maximum absolute atomic E-state index is 13.4. The molecular weight excluding hydrogens is 438 g/mol. The van der Waals surface area contributed by atoms with Gasteiger partial charge in [-0.3, -0.25) is 13.9 Å². The number of hydrogen-bond acceptors (Lipinski definition) is 4. The van der Waals surface area contributed by atoms with E-state index in [0.29, 0.717) is 31.1 Å². The Kier molecular flexibility index (Phi) is 9.46. The number of rotatable bonds is 11. The van der Waals surface area contributed by atoms with Crippen LogP contribution in [0.25, 0.3) is 0 Å². The van der Waals surface area contributed by atoms with Crippen molar-refractivity contribution in [2.75, 3.05) is 30.2 Å². The van der Waals surface area contributed by atoms with Gasteiger partial charge in [-0.25, -0.2) is 8.42 Å². The van der Waals surface area contributed by atoms with Crippen LogP contribution in [-0.2, 0) is 26.0 Å². The van der Waals surface area contributed by atoms with Crippen molar-refractivity contribution in [3.63, 3.8) is 0 Å². The van der Waals surface area contributed by atoms with Crippen LogP contribution in [0.1, 0.15) is 44.7 Å². The number of hydrogen-bond donors (Lipinski definition) is 1. The molecule has 1 atom stereocenters. The molecule has 0 aromatic heterocycles. The maximum atomic E-state index is 13.4. The highest BCUT2D eigenvalue weighted by Gasteiger charge is 2.29. The third kappa shape index (κ3) is 7.60. The predicted octanol–water partition coefficient (Wildman–Crippen LogP) is 3.17. The standard InChI is InChI=1S/C25H35N3O4S/c1-6-26-25(30)20(4)27(17-16-21-10-8-7-9-11-21)24(29)18-28(33(5,31)32)23-14-12-22(13-15-23)19(2)3/h7-15,19-20H,6,16-18H2,1-5H3,(H,26,30). The molecule has 0 aliphatic carbocycles. The van der Waals surface area contributed by atoms with Crippen molar-refractivity contribution < 1.29 is 18.0 Å². The first kappa shape index (κ1) is 26.4. The number of amides is 2. The third-order valence-corrected chi connectivity index (χ3v) is 6.67. The van der Waals surface area contributed by atoms with Gasteiger partial charge in [0.2, 0.25) is 21.8 Å². The molecule has 1 N–H and O–H groups in total. The molecule has 0 aliphatic rings. The van der Waals surface area contributed by atoms with Crippen molar-refractivity contribution in [3.05, 3.63) is 65.7 Å². The minimum atomic E-state index is -3.72. The van der Waals surface area contributed by atoms with E-state index in [-0.39, 0.29) is 12.5 Å². The molecule has 2 aromatic carbocycles. The lowest BCUT2D eigenvalue weighted by atomic mass is 10.0. The lowest BCUT2D eigenvalue weighted by molar-refractivity contribution is -0.138. The van der Waals surface area contributed by atoms with Crippen molar-refractivity contribution in [1.82, 2.24) is 10.2 Å². The Hall–Kier alpha value is -2.87. The summed E-state index contributed by atoms with van der Waals surface area (Å²) in [4.78, 5) is 27.3. The van der Waals surface area contributed by atoms with Gasteiger partial charge in [0.15, 0.2) is 0 Å². The first-order chi connectivity index (χ1) is 15.5. The highest BCUT2D eigenvalue weighted by atomic mass is 32.2. The van der Waals surface area contributed by atoms with Crippen molar-refractivity contribution in [2.24, 2.45) is 0 Å². The summed E-state index contributed by atoms with van der Waals surface area (Å²) in [5, 5.41) is 2.75. The van der Waals surface area contributed by atoms with E-state index < -0.39 is 22.0 Å². The third-order valence-electron chi connectivity index (χ3n) is 5.53. The van der Waals surface area contributed by atoms with Crippen LogP contribution in [0.3, 0.4) is 0 Å². The Labute approximate surface area is 197 Å². The molecule has 7 nitrogen and oxygen atoms in total. The fourth-order valence-electron chi connectivity index (χ4n) is 3.53. The number of benzene rings is 2. The number of carbonyl (C=O) groups is 2. The fourth-order valence-corrected chi connectivity index (χ4v) is 4.38. The van der Waals surface area contributed by atoms with Crippen LogP contribution in [0.4, 0.5) is 5.69 Å². The van der Waals surface area contributed by atoms with E-state index in [1.165, 1.54) is 4.90 Å². The number of sulfonamides is 1. The Balaban J connectivity index is 2.29. The van der Waals surface area contributed by atoms with E-state index >= 15 is 0 Å². The first-order valence-corrected chi connectivity index (χ1v) is 13.1. The smallest absolute Gasteiger partial charge is 0.244 e. The Bertz CT molecular complexity index is 1020. The summed E-state index contributed by atoms with van der Waals surface area (Å²) in [6.07, 6.45) is 1.64. The average molecular weight is 474 g/mol. The number of carbonyl (C=O) groups excluding carboxylic acids is 2. The molecule has 0 bridgehead atoms. The second kappa shape index (κ2) is 11.8. The number of nitrogens with one attached hydrogen (secondary N) is 1. The maximum Gasteiger partial charge on any atom is 0.244 e. The lowest BCUT2D eigenvalue weighted by Crippen LogP contribution is -2.52. The predicted molar refractivity (Wildman–Crippen MR) is 133 cm³/mol. The van der Waals surface area contributed by atoms with E-state index in [1.54, 1.807) is 19.1 Å². The molecule has 0 saturated heterocycles. The van der Waals surface area contributed by atoms with Crippen LogP contribution >= 0.6 is 0 Å². The SMILES string of the molecule is CCNC(=O)C(C)N(CCc1ccccc1)C(=O)CN(c1ccc(C(C)C)cc1)S(C)(=O)=O. The largest absolute Gasteiger partial charge is 0.355 e. The molecule has 0 fully saturated rings. The van der Waals surface area contributed by atoms with Gasteiger partial charge in [0, 0.05) is 13.1 Å². The highest BCUT2D eigenvalue weighted by molar-refractivity contribution is 7.92. The summed E-state index contributed by atoms with van der Waals surface area (Å²) in [5.41, 5.74) is 2.53. The fraction of sp³-hybridized carbons (Fsp3) is 0.440. The van der Waals surface area contributed by atoms with Gasteiger partial charge in [-0.1, -0.05) is 56.3 Å². The van der Waals surface area contributed by atoms with Crippen LogP contribution in [0, 0.1) is 0 Å². The first-order valence-electron chi connectivity index (χ1n) is 11.2. The minimum absolute atomic E-state index is 0.272. The second-order valence-corrected chi connectivity index (χ2v) is 10.3. The molecule has 0 saturated carbocycles. The van der Waals surface area contributed by atoms with Crippen LogP contribution in [0.5, 0.6) is 0 Å². The zero-order valence-corrected chi connectivity index (χ0v) is 20.9. The molecule has 0 heterocycles. The van der Waals surface area contributed by atoms with Crippen LogP contribution in [0.15, 0.2) is 54.6 Å². The summed E-state index contributed by atoms with van der Waals surface area (Å²) >= 11 is 0. The zero-order chi connectivity index (χ0) is 24.6. The molecule has 1 unspecified atom stereocenters. The number of anilines is 1. The molecule has 2 aromatic rings. The zero-order valence-electron chi connectivity index (χ0n) is 20.1. The number of likely N-dealkylation sites (N-methyl/N-ethyl adjacent to an activating group) is 1. The number of nitrogens with zero attached hydrogens (tertiary/aromatic N) is 2. The van der Waals surface area contributed by atoms with Gasteiger partial charge in [-0.15, -0.1) is 0 Å². The van der Waals surface area contributed by atoms with Gasteiger partial charge >= 0.3 is 0 Å². The van der Waals surface area contributed by atoms with Crippen LogP contribution in [0.2, 0.25) is 0 Å². The molecule has 0 radical (unpaired) electrons. The summed E-state index contributed by atoms with van der Waals surface area (Å²) in [7, 11) is -3.72. The quantitative estimate of drug-likeness (QED) is 0.543. The van der Waals surface area contributed by atoms with Gasteiger partial charge < -0.3 is 10.2 Å². The molecule has 33 heavy (non-hydrogen) atoms. The van der Waals surface area contributed by atoms with Crippen molar-refractivity contribution >= 4 is 27.5 Å². The van der Waals surface area contributed by atoms with Crippen molar-refractivity contribution in [1.29, 1.82) is 0 Å². The van der Waals surface area contributed by atoms with Gasteiger partial charge in [0.1, 0.15) is 12.6 Å². The molecule has 0 aliphatic heterocycles. The summed E-state index contributed by atoms with van der Waals surface area (Å²) in [6, 6.07) is 16.1. The minimum Gasteiger partial charge on any atom is -0.355 e. The topological polar surface area (TPSA) is 86.8 Å². The molecule has 180 valence electrons. The van der Waals surface area contributed by atoms with Crippen molar-refractivity contribution in [2.45, 2.75) is 46.1 Å². The van der Waals surface area contributed by atoms with Crippen LogP contribution in [-0.4, -0.2) is 57.1 Å². The summed E-state index contributed by atoms with van der Waals surface area (Å²) in [6.45, 7) is 7.95. The van der Waals surface area contributed by atoms with E-state index in [9.17, 15) is 18.0 Å². The second-order valence-electron chi connectivity index (χ2n) is 8.41. The lowest BCUT2D eigenvalue weighted by Gasteiger charge is -2.31. The van der Waals surface area contributed by atoms with E-state index in [1.807, 2.05) is 49.4 Å². The molecular formula is C25H35N3O4S. The Morgan fingerprint density at radius 1 is 0.970 bits per heavy atom. The molecule has 8 heteroatoms. The molecule has 2 amide bonds. The van der Waals surface area contributed by atoms with Gasteiger partial charge in [-0.05, 0) is 49.4 Å². The van der Waals surface area contributed by atoms with Gasteiger partial charge in [-0.2, -0.15) is 0 Å². The average Bonchev–Trinajstić information content (AvgIpc) is 2.77. The summed E-state index contributed by atoms with van der Waals surface area (Å²) in [5.74, 6) is -0.395. The van der Waals surface area contributed by atoms with E-state index in [0.717, 1.165) is 21.7 Å². The van der Waals surface area contributed by atoms with Crippen LogP contribution < -0.4 is 9.62 Å². The summed E-state index contributed by atoms with van der Waals surface area (Å²) < 4.78 is 26.2. The molecule has 0 spiro atoms. The van der Waals surface area contributed by atoms with E-state index in [4.69, 9.17) is 0 Å².